The second-order valence-corrected chi connectivity index (χ2v) is 5.98. The fraction of sp³-hybridized carbons (Fsp3) is 0.556. The molecule has 1 fully saturated rings. The van der Waals surface area contributed by atoms with E-state index in [9.17, 15) is 15.0 Å². The molecule has 96 valence electrons. The number of nitrogens with zero attached hydrogens (tertiary/aromatic N) is 4. The topological polar surface area (TPSA) is 117 Å². The van der Waals surface area contributed by atoms with E-state index in [0.29, 0.717) is 12.1 Å². The average molecular weight is 269 g/mol. The average Bonchev–Trinajstić information content (AvgIpc) is 2.83. The van der Waals surface area contributed by atoms with Crippen molar-refractivity contribution in [2.24, 2.45) is 0 Å². The molecule has 0 radical (unpaired) electrons. The van der Waals surface area contributed by atoms with Crippen LogP contribution >= 0.6 is 11.8 Å². The molecule has 0 aliphatic carbocycles. The molecule has 3 atom stereocenters. The van der Waals surface area contributed by atoms with E-state index >= 15 is 0 Å². The molecule has 0 bridgehead atoms. The number of aliphatic hydroxyl groups excluding tert-OH is 2. The van der Waals surface area contributed by atoms with Gasteiger partial charge in [-0.05, 0) is 6.92 Å². The molecule has 3 heterocycles. The highest BCUT2D eigenvalue weighted by atomic mass is 32.2. The highest BCUT2D eigenvalue weighted by Crippen LogP contribution is 2.46. The first-order chi connectivity index (χ1) is 8.51. The van der Waals surface area contributed by atoms with E-state index in [-0.39, 0.29) is 5.52 Å². The Hall–Kier alpha value is -1.45. The first kappa shape index (κ1) is 11.6. The van der Waals surface area contributed by atoms with E-state index in [1.165, 1.54) is 18.1 Å². The lowest BCUT2D eigenvalue weighted by Crippen LogP contribution is -2.25. The van der Waals surface area contributed by atoms with Crippen LogP contribution in [0, 0.1) is 0 Å². The van der Waals surface area contributed by atoms with Crippen LogP contribution in [0.1, 0.15) is 13.3 Å². The number of aliphatic hydroxyl groups is 2. The van der Waals surface area contributed by atoms with Gasteiger partial charge in [0.25, 0.3) is 5.56 Å². The third kappa shape index (κ3) is 1.55. The number of hydrogen-bond donors (Lipinski definition) is 3. The molecule has 3 N–H and O–H groups in total. The lowest BCUT2D eigenvalue weighted by atomic mass is 10.1. The fourth-order valence-electron chi connectivity index (χ4n) is 2.15. The van der Waals surface area contributed by atoms with Gasteiger partial charge in [-0.25, -0.2) is 10.1 Å². The van der Waals surface area contributed by atoms with Gasteiger partial charge in [-0.15, -0.1) is 5.10 Å². The monoisotopic (exact) mass is 269 g/mol. The molecule has 18 heavy (non-hydrogen) atoms. The number of nitrogens with one attached hydrogen (secondary N) is 1. The zero-order valence-electron chi connectivity index (χ0n) is 9.44. The third-order valence-electron chi connectivity index (χ3n) is 3.05. The van der Waals surface area contributed by atoms with Crippen molar-refractivity contribution in [3.05, 3.63) is 16.7 Å². The summed E-state index contributed by atoms with van der Waals surface area (Å²) in [7, 11) is 0. The standard InChI is InChI=1S/C9H11N5O3S/c1-9(2-4(15)8(17)18-9)14-3-10-5-6(14)11-13-12-7(5)16/h3-4,8,15,17H,2H2,1H3,(H,11,12,16). The first-order valence-electron chi connectivity index (χ1n) is 5.34. The van der Waals surface area contributed by atoms with Crippen LogP contribution in [0.15, 0.2) is 11.1 Å². The molecule has 1 saturated heterocycles. The number of fused-ring (bicyclic) bond motifs is 1. The highest BCUT2D eigenvalue weighted by Gasteiger charge is 2.44. The summed E-state index contributed by atoms with van der Waals surface area (Å²) in [5, 5.41) is 28.9. The quantitative estimate of drug-likeness (QED) is 0.608. The maximum Gasteiger partial charge on any atom is 0.295 e. The molecule has 8 nitrogen and oxygen atoms in total. The fourth-order valence-corrected chi connectivity index (χ4v) is 3.43. The lowest BCUT2D eigenvalue weighted by molar-refractivity contribution is 0.0700. The van der Waals surface area contributed by atoms with Gasteiger partial charge in [-0.3, -0.25) is 9.36 Å². The second-order valence-electron chi connectivity index (χ2n) is 4.38. The Kier molecular flexibility index (Phi) is 2.44. The Balaban J connectivity index is 2.16. The van der Waals surface area contributed by atoms with Crippen LogP contribution in [-0.2, 0) is 4.87 Å². The van der Waals surface area contributed by atoms with E-state index in [1.807, 2.05) is 6.92 Å². The van der Waals surface area contributed by atoms with Crippen LogP contribution in [0.4, 0.5) is 0 Å². The van der Waals surface area contributed by atoms with Gasteiger partial charge in [0.15, 0.2) is 11.2 Å². The Morgan fingerprint density at radius 3 is 3.06 bits per heavy atom. The molecule has 9 heteroatoms. The van der Waals surface area contributed by atoms with Gasteiger partial charge in [-0.2, -0.15) is 0 Å². The summed E-state index contributed by atoms with van der Waals surface area (Å²) < 4.78 is 1.66. The zero-order valence-corrected chi connectivity index (χ0v) is 10.3. The molecular formula is C9H11N5O3S. The number of hydrogen-bond acceptors (Lipinski definition) is 7. The van der Waals surface area contributed by atoms with Gasteiger partial charge in [0.05, 0.1) is 17.3 Å². The van der Waals surface area contributed by atoms with E-state index in [2.05, 4.69) is 20.4 Å². The van der Waals surface area contributed by atoms with E-state index in [1.54, 1.807) is 4.57 Å². The smallest absolute Gasteiger partial charge is 0.295 e. The molecule has 1 aliphatic rings. The van der Waals surface area contributed by atoms with Crippen molar-refractivity contribution in [1.82, 2.24) is 25.0 Å². The maximum absolute atomic E-state index is 11.5. The van der Waals surface area contributed by atoms with Crippen molar-refractivity contribution in [2.75, 3.05) is 0 Å². The van der Waals surface area contributed by atoms with Crippen molar-refractivity contribution < 1.29 is 10.2 Å². The summed E-state index contributed by atoms with van der Waals surface area (Å²) in [6, 6.07) is 0. The minimum Gasteiger partial charge on any atom is -0.389 e. The minimum atomic E-state index is -0.859. The van der Waals surface area contributed by atoms with E-state index in [0.717, 1.165) is 0 Å². The molecule has 2 aromatic rings. The van der Waals surface area contributed by atoms with Crippen LogP contribution in [0.5, 0.6) is 0 Å². The summed E-state index contributed by atoms with van der Waals surface area (Å²) in [5.41, 5.74) is -0.730. The largest absolute Gasteiger partial charge is 0.389 e. The molecule has 0 spiro atoms. The molecule has 1 aliphatic heterocycles. The molecule has 3 unspecified atom stereocenters. The number of imidazole rings is 1. The SMILES string of the molecule is CC1(n2cnc3c(=O)[nH]nnc32)CC(O)C(O)S1. The van der Waals surface area contributed by atoms with E-state index < -0.39 is 22.0 Å². The van der Waals surface area contributed by atoms with Crippen LogP contribution in [0.3, 0.4) is 0 Å². The molecule has 0 amide bonds. The molecular weight excluding hydrogens is 258 g/mol. The van der Waals surface area contributed by atoms with Crippen LogP contribution in [-0.4, -0.2) is 46.7 Å². The second kappa shape index (κ2) is 3.77. The van der Waals surface area contributed by atoms with Crippen LogP contribution in [0.2, 0.25) is 0 Å². The Bertz CT molecular complexity index is 643. The van der Waals surface area contributed by atoms with Crippen molar-refractivity contribution in [1.29, 1.82) is 0 Å². The van der Waals surface area contributed by atoms with E-state index in [4.69, 9.17) is 0 Å². The molecule has 0 aromatic carbocycles. The van der Waals surface area contributed by atoms with Crippen molar-refractivity contribution in [3.8, 4) is 0 Å². The van der Waals surface area contributed by atoms with Gasteiger partial charge >= 0.3 is 0 Å². The summed E-state index contributed by atoms with van der Waals surface area (Å²) in [6.07, 6.45) is 1.01. The normalized spacial score (nSPS) is 32.2. The summed E-state index contributed by atoms with van der Waals surface area (Å²) in [5.74, 6) is 0. The van der Waals surface area contributed by atoms with Gasteiger partial charge in [0.2, 0.25) is 0 Å². The Morgan fingerprint density at radius 1 is 1.61 bits per heavy atom. The van der Waals surface area contributed by atoms with Crippen LogP contribution < -0.4 is 5.56 Å². The molecule has 2 aromatic heterocycles. The molecule has 0 saturated carbocycles. The summed E-state index contributed by atoms with van der Waals surface area (Å²) >= 11 is 1.20. The number of aromatic nitrogens is 5. The third-order valence-corrected chi connectivity index (χ3v) is 4.48. The number of thioether (sulfide) groups is 1. The zero-order chi connectivity index (χ0) is 12.9. The first-order valence-corrected chi connectivity index (χ1v) is 6.22. The number of aromatic amines is 1. The minimum absolute atomic E-state index is 0.197. The predicted molar refractivity (Wildman–Crippen MR) is 63.8 cm³/mol. The summed E-state index contributed by atoms with van der Waals surface area (Å²) in [4.78, 5) is 14.9. The lowest BCUT2D eigenvalue weighted by Gasteiger charge is -2.24. The van der Waals surface area contributed by atoms with Gasteiger partial charge in [0.1, 0.15) is 5.44 Å². The van der Waals surface area contributed by atoms with Crippen molar-refractivity contribution in [3.63, 3.8) is 0 Å². The van der Waals surface area contributed by atoms with Crippen molar-refractivity contribution >= 4 is 22.9 Å². The summed E-state index contributed by atoms with van der Waals surface area (Å²) in [6.45, 7) is 1.85. The van der Waals surface area contributed by atoms with Crippen LogP contribution in [0.25, 0.3) is 11.2 Å². The van der Waals surface area contributed by atoms with Gasteiger partial charge in [0, 0.05) is 6.42 Å². The Labute approximate surface area is 105 Å². The number of H-pyrrole nitrogens is 1. The van der Waals surface area contributed by atoms with Gasteiger partial charge in [-0.1, -0.05) is 17.0 Å². The predicted octanol–water partition coefficient (Wildman–Crippen LogP) is -0.997. The number of rotatable bonds is 1. The highest BCUT2D eigenvalue weighted by molar-refractivity contribution is 8.00. The maximum atomic E-state index is 11.5. The van der Waals surface area contributed by atoms with Crippen molar-refractivity contribution in [2.45, 2.75) is 29.8 Å². The molecule has 3 rings (SSSR count). The van der Waals surface area contributed by atoms with Gasteiger partial charge < -0.3 is 10.2 Å². The Morgan fingerprint density at radius 2 is 2.39 bits per heavy atom.